The molecule has 2 heterocycles. The molecule has 1 aliphatic rings. The monoisotopic (exact) mass is 315 g/mol. The van der Waals surface area contributed by atoms with Gasteiger partial charge >= 0.3 is 0 Å². The molecule has 1 fully saturated rings. The first-order chi connectivity index (χ1) is 10.8. The van der Waals surface area contributed by atoms with Crippen LogP contribution in [0.1, 0.15) is 43.6 Å². The first kappa shape index (κ1) is 17.5. The van der Waals surface area contributed by atoms with Crippen LogP contribution in [0.5, 0.6) is 0 Å². The van der Waals surface area contributed by atoms with Crippen molar-refractivity contribution in [3.05, 3.63) is 29.6 Å². The Morgan fingerprint density at radius 2 is 2.09 bits per heavy atom. The van der Waals surface area contributed by atoms with E-state index < -0.39 is 0 Å². The van der Waals surface area contributed by atoms with Crippen molar-refractivity contribution in [1.29, 1.82) is 0 Å². The summed E-state index contributed by atoms with van der Waals surface area (Å²) in [6, 6.07) is 1.67. The lowest BCUT2D eigenvalue weighted by Crippen LogP contribution is -2.58. The minimum atomic E-state index is -0.156. The van der Waals surface area contributed by atoms with Gasteiger partial charge in [0.15, 0.2) is 0 Å². The van der Waals surface area contributed by atoms with Gasteiger partial charge in [-0.3, -0.25) is 14.7 Å². The summed E-state index contributed by atoms with van der Waals surface area (Å²) >= 11 is 0. The van der Waals surface area contributed by atoms with Gasteiger partial charge in [0.05, 0.1) is 17.8 Å². The number of carbonyl (C=O) groups is 1. The fourth-order valence-electron chi connectivity index (χ4n) is 2.83. The largest absolute Gasteiger partial charge is 0.373 e. The molecule has 0 radical (unpaired) electrons. The molecule has 2 atom stereocenters. The van der Waals surface area contributed by atoms with Crippen molar-refractivity contribution in [1.82, 2.24) is 15.2 Å². The summed E-state index contributed by atoms with van der Waals surface area (Å²) in [5.41, 5.74) is 0.937. The molecule has 1 saturated heterocycles. The minimum absolute atomic E-state index is 0.154. The number of amides is 1. The summed E-state index contributed by atoms with van der Waals surface area (Å²) in [5.74, 6) is 2.34. The van der Waals surface area contributed by atoms with E-state index in [1.165, 1.54) is 6.20 Å². The maximum atomic E-state index is 12.3. The van der Waals surface area contributed by atoms with Crippen molar-refractivity contribution in [2.45, 2.75) is 45.4 Å². The van der Waals surface area contributed by atoms with E-state index in [0.717, 1.165) is 13.1 Å². The van der Waals surface area contributed by atoms with Crippen molar-refractivity contribution in [3.63, 3.8) is 0 Å². The second kappa shape index (κ2) is 7.12. The first-order valence-electron chi connectivity index (χ1n) is 7.92. The molecule has 0 aliphatic carbocycles. The molecule has 2 rings (SSSR count). The van der Waals surface area contributed by atoms with Crippen molar-refractivity contribution in [2.24, 2.45) is 0 Å². The number of hydrogen-bond donors (Lipinski definition) is 1. The second-order valence-corrected chi connectivity index (χ2v) is 6.76. The zero-order chi connectivity index (χ0) is 17.0. The molecule has 5 nitrogen and oxygen atoms in total. The predicted molar refractivity (Wildman–Crippen MR) is 90.2 cm³/mol. The Kier molecular flexibility index (Phi) is 5.40. The van der Waals surface area contributed by atoms with Crippen LogP contribution in [0.25, 0.3) is 0 Å². The van der Waals surface area contributed by atoms with Crippen molar-refractivity contribution >= 4 is 5.91 Å². The number of morpholine rings is 1. The van der Waals surface area contributed by atoms with Crippen LogP contribution in [0.15, 0.2) is 18.5 Å². The van der Waals surface area contributed by atoms with Gasteiger partial charge in [0.25, 0.3) is 5.91 Å². The average Bonchev–Trinajstić information content (AvgIpc) is 2.52. The Bertz CT molecular complexity index is 597. The molecule has 0 aromatic carbocycles. The summed E-state index contributed by atoms with van der Waals surface area (Å²) in [4.78, 5) is 18.7. The third-order valence-corrected chi connectivity index (χ3v) is 4.12. The van der Waals surface area contributed by atoms with E-state index >= 15 is 0 Å². The topological polar surface area (TPSA) is 54.5 Å². The summed E-state index contributed by atoms with van der Waals surface area (Å²) in [7, 11) is 0. The zero-order valence-electron chi connectivity index (χ0n) is 14.3. The lowest BCUT2D eigenvalue weighted by molar-refractivity contribution is -0.0948. The summed E-state index contributed by atoms with van der Waals surface area (Å²) < 4.78 is 5.78. The number of nitrogens with one attached hydrogen (secondary N) is 1. The van der Waals surface area contributed by atoms with Gasteiger partial charge in [-0.2, -0.15) is 0 Å². The van der Waals surface area contributed by atoms with Crippen LogP contribution in [-0.4, -0.2) is 53.2 Å². The molecule has 1 aliphatic heterocycles. The highest BCUT2D eigenvalue weighted by Crippen LogP contribution is 2.20. The fourth-order valence-corrected chi connectivity index (χ4v) is 2.83. The Labute approximate surface area is 138 Å². The molecule has 23 heavy (non-hydrogen) atoms. The molecule has 0 spiro atoms. The Balaban J connectivity index is 1.98. The van der Waals surface area contributed by atoms with Gasteiger partial charge in [-0.1, -0.05) is 5.92 Å². The highest BCUT2D eigenvalue weighted by atomic mass is 16.5. The highest BCUT2D eigenvalue weighted by molar-refractivity contribution is 5.94. The normalized spacial score (nSPS) is 22.4. The SMILES string of the molecule is C#Cc1cncc(C(=O)NCC(C)(C)N2C[C@@H](C)O[C@@H](C)C2)c1. The van der Waals surface area contributed by atoms with E-state index in [9.17, 15) is 4.79 Å². The number of aromatic nitrogens is 1. The highest BCUT2D eigenvalue weighted by Gasteiger charge is 2.33. The molecule has 124 valence electrons. The quantitative estimate of drug-likeness (QED) is 0.859. The van der Waals surface area contributed by atoms with Crippen molar-refractivity contribution in [3.8, 4) is 12.3 Å². The Hall–Kier alpha value is -1.90. The second-order valence-electron chi connectivity index (χ2n) is 6.76. The number of ether oxygens (including phenoxy) is 1. The molecule has 1 N–H and O–H groups in total. The number of hydrogen-bond acceptors (Lipinski definition) is 4. The van der Waals surface area contributed by atoms with E-state index in [4.69, 9.17) is 11.2 Å². The molecule has 0 unspecified atom stereocenters. The van der Waals surface area contributed by atoms with Gasteiger partial charge in [0.2, 0.25) is 0 Å². The minimum Gasteiger partial charge on any atom is -0.373 e. The first-order valence-corrected chi connectivity index (χ1v) is 7.92. The molecule has 5 heteroatoms. The van der Waals surface area contributed by atoms with Gasteiger partial charge < -0.3 is 10.1 Å². The van der Waals surface area contributed by atoms with E-state index in [1.807, 2.05) is 0 Å². The van der Waals surface area contributed by atoms with Crippen LogP contribution in [0.4, 0.5) is 0 Å². The lowest BCUT2D eigenvalue weighted by atomic mass is 10.00. The molecule has 1 aromatic rings. The van der Waals surface area contributed by atoms with Crippen LogP contribution in [-0.2, 0) is 4.74 Å². The van der Waals surface area contributed by atoms with Crippen LogP contribution < -0.4 is 5.32 Å². The van der Waals surface area contributed by atoms with Gasteiger partial charge in [-0.25, -0.2) is 0 Å². The smallest absolute Gasteiger partial charge is 0.252 e. The van der Waals surface area contributed by atoms with Crippen LogP contribution >= 0.6 is 0 Å². The Morgan fingerprint density at radius 3 is 2.70 bits per heavy atom. The van der Waals surface area contributed by atoms with Crippen LogP contribution in [0.3, 0.4) is 0 Å². The lowest BCUT2D eigenvalue weighted by Gasteiger charge is -2.45. The molecule has 1 amide bonds. The van der Waals surface area contributed by atoms with Gasteiger partial charge in [0.1, 0.15) is 0 Å². The molecular formula is C18H25N3O2. The van der Waals surface area contributed by atoms with Gasteiger partial charge in [0, 0.05) is 43.1 Å². The maximum Gasteiger partial charge on any atom is 0.252 e. The van der Waals surface area contributed by atoms with Gasteiger partial charge in [-0.15, -0.1) is 6.42 Å². The van der Waals surface area contributed by atoms with Gasteiger partial charge in [-0.05, 0) is 33.8 Å². The van der Waals surface area contributed by atoms with E-state index in [-0.39, 0.29) is 23.7 Å². The maximum absolute atomic E-state index is 12.3. The number of pyridine rings is 1. The molecule has 0 bridgehead atoms. The zero-order valence-corrected chi connectivity index (χ0v) is 14.3. The molecule has 0 saturated carbocycles. The number of nitrogens with zero attached hydrogens (tertiary/aromatic N) is 2. The molecular weight excluding hydrogens is 290 g/mol. The van der Waals surface area contributed by atoms with Crippen LogP contribution in [0, 0.1) is 12.3 Å². The van der Waals surface area contributed by atoms with Crippen LogP contribution in [0.2, 0.25) is 0 Å². The predicted octanol–water partition coefficient (Wildman–Crippen LogP) is 1.68. The standard InChI is InChI=1S/C18H25N3O2/c1-6-15-7-16(9-19-8-15)17(22)20-12-18(4,5)21-10-13(2)23-14(3)11-21/h1,7-9,13-14H,10-12H2,2-5H3,(H,20,22)/t13-,14+. The van der Waals surface area contributed by atoms with Crippen molar-refractivity contribution in [2.75, 3.05) is 19.6 Å². The third kappa shape index (κ3) is 4.54. The summed E-state index contributed by atoms with van der Waals surface area (Å²) in [5, 5.41) is 2.99. The van der Waals surface area contributed by atoms with E-state index in [1.54, 1.807) is 12.3 Å². The Morgan fingerprint density at radius 1 is 1.43 bits per heavy atom. The van der Waals surface area contributed by atoms with E-state index in [0.29, 0.717) is 17.7 Å². The van der Waals surface area contributed by atoms with E-state index in [2.05, 4.69) is 48.8 Å². The third-order valence-electron chi connectivity index (χ3n) is 4.12. The average molecular weight is 315 g/mol. The fraction of sp³-hybridized carbons (Fsp3) is 0.556. The summed E-state index contributed by atoms with van der Waals surface area (Å²) in [6.45, 7) is 10.7. The van der Waals surface area contributed by atoms with Crippen molar-refractivity contribution < 1.29 is 9.53 Å². The summed E-state index contributed by atoms with van der Waals surface area (Å²) in [6.07, 6.45) is 8.84. The molecule has 1 aromatic heterocycles. The number of carbonyl (C=O) groups excluding carboxylic acids is 1. The number of rotatable bonds is 4. The number of terminal acetylenes is 1.